The number of thiol groups is 1. The molecule has 1 aromatic heterocycles. The van der Waals surface area contributed by atoms with Gasteiger partial charge in [-0.1, -0.05) is 0 Å². The summed E-state index contributed by atoms with van der Waals surface area (Å²) in [6, 6.07) is 5.51. The maximum Gasteiger partial charge on any atom is 0.336 e. The van der Waals surface area contributed by atoms with Gasteiger partial charge in [0.25, 0.3) is 0 Å². The van der Waals surface area contributed by atoms with Crippen LogP contribution in [0.25, 0.3) is 11.0 Å². The molecule has 23 heavy (non-hydrogen) atoms. The number of carbonyl (C=O) groups is 2. The molecule has 0 unspecified atom stereocenters. The summed E-state index contributed by atoms with van der Waals surface area (Å²) < 4.78 is 5.12. The van der Waals surface area contributed by atoms with Crippen LogP contribution in [0.5, 0.6) is 0 Å². The van der Waals surface area contributed by atoms with E-state index in [2.05, 4.69) is 23.3 Å². The fourth-order valence-electron chi connectivity index (χ4n) is 2.05. The van der Waals surface area contributed by atoms with Crippen LogP contribution < -0.4 is 16.3 Å². The highest BCUT2D eigenvalue weighted by atomic mass is 32.1. The molecule has 8 heteroatoms. The Morgan fingerprint density at radius 1 is 1.35 bits per heavy atom. The third-order valence-electron chi connectivity index (χ3n) is 3.22. The largest absolute Gasteiger partial charge is 0.480 e. The number of aliphatic carboxylic acids is 1. The van der Waals surface area contributed by atoms with Crippen molar-refractivity contribution in [1.82, 2.24) is 5.32 Å². The van der Waals surface area contributed by atoms with E-state index in [1.165, 1.54) is 6.07 Å². The van der Waals surface area contributed by atoms with Crippen LogP contribution in [-0.4, -0.2) is 35.3 Å². The Balaban J connectivity index is 2.06. The summed E-state index contributed by atoms with van der Waals surface area (Å²) >= 11 is 3.87. The molecule has 1 amide bonds. The van der Waals surface area contributed by atoms with E-state index in [1.54, 1.807) is 18.2 Å². The predicted octanol–water partition coefficient (Wildman–Crippen LogP) is 1.01. The highest BCUT2D eigenvalue weighted by Crippen LogP contribution is 2.20. The molecule has 2 aromatic rings. The zero-order valence-electron chi connectivity index (χ0n) is 12.3. The van der Waals surface area contributed by atoms with Crippen molar-refractivity contribution >= 4 is 41.2 Å². The van der Waals surface area contributed by atoms with Gasteiger partial charge in [0.2, 0.25) is 5.91 Å². The molecule has 0 radical (unpaired) electrons. The van der Waals surface area contributed by atoms with E-state index in [9.17, 15) is 14.4 Å². The number of benzene rings is 1. The first-order chi connectivity index (χ1) is 10.9. The third-order valence-corrected chi connectivity index (χ3v) is 3.59. The van der Waals surface area contributed by atoms with Gasteiger partial charge < -0.3 is 20.2 Å². The molecule has 0 bridgehead atoms. The smallest absolute Gasteiger partial charge is 0.336 e. The van der Waals surface area contributed by atoms with Gasteiger partial charge in [0.1, 0.15) is 11.6 Å². The molecular formula is C15H16N2O5S. The molecule has 1 atom stereocenters. The van der Waals surface area contributed by atoms with Gasteiger partial charge in [-0.15, -0.1) is 0 Å². The summed E-state index contributed by atoms with van der Waals surface area (Å²) in [7, 11) is 0. The number of aryl methyl sites for hydroxylation is 1. The maximum atomic E-state index is 11.7. The molecule has 0 aliphatic heterocycles. The van der Waals surface area contributed by atoms with E-state index in [0.29, 0.717) is 11.3 Å². The number of anilines is 1. The van der Waals surface area contributed by atoms with Gasteiger partial charge >= 0.3 is 11.6 Å². The van der Waals surface area contributed by atoms with E-state index < -0.39 is 23.5 Å². The van der Waals surface area contributed by atoms with E-state index in [-0.39, 0.29) is 12.3 Å². The first-order valence-electron chi connectivity index (χ1n) is 6.82. The fraction of sp³-hybridized carbons (Fsp3) is 0.267. The van der Waals surface area contributed by atoms with E-state index >= 15 is 0 Å². The summed E-state index contributed by atoms with van der Waals surface area (Å²) in [5.41, 5.74) is 1.36. The van der Waals surface area contributed by atoms with Crippen LogP contribution >= 0.6 is 12.6 Å². The van der Waals surface area contributed by atoms with Crippen molar-refractivity contribution in [1.29, 1.82) is 0 Å². The average molecular weight is 336 g/mol. The molecule has 0 saturated carbocycles. The molecule has 1 heterocycles. The number of carboxylic acid groups (broad SMARTS) is 1. The summed E-state index contributed by atoms with van der Waals surface area (Å²) in [4.78, 5) is 33.9. The minimum Gasteiger partial charge on any atom is -0.480 e. The highest BCUT2D eigenvalue weighted by Gasteiger charge is 2.17. The van der Waals surface area contributed by atoms with Gasteiger partial charge in [0.05, 0.1) is 6.54 Å². The molecule has 0 saturated heterocycles. The van der Waals surface area contributed by atoms with Gasteiger partial charge in [0, 0.05) is 29.0 Å². The van der Waals surface area contributed by atoms with Crippen LogP contribution in [0, 0.1) is 6.92 Å². The number of hydrogen-bond acceptors (Lipinski definition) is 6. The number of hydrogen-bond donors (Lipinski definition) is 4. The van der Waals surface area contributed by atoms with Crippen molar-refractivity contribution in [3.05, 3.63) is 40.2 Å². The van der Waals surface area contributed by atoms with E-state index in [1.807, 2.05) is 6.92 Å². The lowest BCUT2D eigenvalue weighted by molar-refractivity contribution is -0.140. The van der Waals surface area contributed by atoms with Gasteiger partial charge in [-0.05, 0) is 24.6 Å². The summed E-state index contributed by atoms with van der Waals surface area (Å²) in [6.07, 6.45) is 0. The quantitative estimate of drug-likeness (QED) is 0.463. The summed E-state index contributed by atoms with van der Waals surface area (Å²) in [5, 5.41) is 14.9. The van der Waals surface area contributed by atoms with Gasteiger partial charge in [-0.25, -0.2) is 9.59 Å². The molecule has 0 spiro atoms. The molecule has 2 rings (SSSR count). The minimum atomic E-state index is -1.14. The van der Waals surface area contributed by atoms with E-state index in [0.717, 1.165) is 10.9 Å². The molecule has 0 aliphatic rings. The SMILES string of the molecule is Cc1cc(=O)oc2cc(NCC(=O)N[C@@H](CS)C(=O)O)ccc12. The number of fused-ring (bicyclic) bond motifs is 1. The van der Waals surface area contributed by atoms with Crippen molar-refractivity contribution in [2.24, 2.45) is 0 Å². The molecule has 122 valence electrons. The van der Waals surface area contributed by atoms with Crippen LogP contribution in [-0.2, 0) is 9.59 Å². The van der Waals surface area contributed by atoms with Crippen LogP contribution in [0.15, 0.2) is 33.5 Å². The van der Waals surface area contributed by atoms with Crippen molar-refractivity contribution in [2.45, 2.75) is 13.0 Å². The molecule has 7 nitrogen and oxygen atoms in total. The molecule has 0 fully saturated rings. The first kappa shape index (κ1) is 16.9. The monoisotopic (exact) mass is 336 g/mol. The second kappa shape index (κ2) is 7.19. The zero-order chi connectivity index (χ0) is 17.0. The lowest BCUT2D eigenvalue weighted by Crippen LogP contribution is -2.44. The lowest BCUT2D eigenvalue weighted by Gasteiger charge is -2.13. The minimum absolute atomic E-state index is 0.00147. The molecule has 1 aromatic carbocycles. The second-order valence-electron chi connectivity index (χ2n) is 4.95. The highest BCUT2D eigenvalue weighted by molar-refractivity contribution is 7.80. The lowest BCUT2D eigenvalue weighted by atomic mass is 10.1. The van der Waals surface area contributed by atoms with Crippen LogP contribution in [0.3, 0.4) is 0 Å². The van der Waals surface area contributed by atoms with Crippen molar-refractivity contribution < 1.29 is 19.1 Å². The Morgan fingerprint density at radius 2 is 2.09 bits per heavy atom. The number of nitrogens with one attached hydrogen (secondary N) is 2. The summed E-state index contributed by atoms with van der Waals surface area (Å²) in [5.74, 6) is -1.62. The predicted molar refractivity (Wildman–Crippen MR) is 89.1 cm³/mol. The number of carboxylic acids is 1. The second-order valence-corrected chi connectivity index (χ2v) is 5.32. The van der Waals surface area contributed by atoms with Gasteiger partial charge in [-0.2, -0.15) is 12.6 Å². The number of carbonyl (C=O) groups excluding carboxylic acids is 1. The Bertz CT molecular complexity index is 802. The van der Waals surface area contributed by atoms with Gasteiger partial charge in [-0.3, -0.25) is 4.79 Å². The standard InChI is InChI=1S/C15H16N2O5S/c1-8-4-14(19)22-12-5-9(2-3-10(8)12)16-6-13(18)17-11(7-23)15(20)21/h2-5,11,16,23H,6-7H2,1H3,(H,17,18)(H,20,21)/t11-/m0/s1. The van der Waals surface area contributed by atoms with Crippen LogP contribution in [0.2, 0.25) is 0 Å². The van der Waals surface area contributed by atoms with Crippen LogP contribution in [0.4, 0.5) is 5.69 Å². The molecule has 3 N–H and O–H groups in total. The fourth-order valence-corrected chi connectivity index (χ4v) is 2.30. The molecule has 0 aliphatic carbocycles. The van der Waals surface area contributed by atoms with Crippen molar-refractivity contribution in [3.63, 3.8) is 0 Å². The van der Waals surface area contributed by atoms with Crippen LogP contribution in [0.1, 0.15) is 5.56 Å². The Labute approximate surface area is 137 Å². The zero-order valence-corrected chi connectivity index (χ0v) is 13.2. The Kier molecular flexibility index (Phi) is 5.28. The average Bonchev–Trinajstić information content (AvgIpc) is 2.49. The van der Waals surface area contributed by atoms with E-state index in [4.69, 9.17) is 9.52 Å². The van der Waals surface area contributed by atoms with Crippen molar-refractivity contribution in [2.75, 3.05) is 17.6 Å². The third kappa shape index (κ3) is 4.26. The molecular weight excluding hydrogens is 320 g/mol. The first-order valence-corrected chi connectivity index (χ1v) is 7.45. The van der Waals surface area contributed by atoms with Gasteiger partial charge in [0.15, 0.2) is 0 Å². The normalized spacial score (nSPS) is 11.9. The number of rotatable bonds is 6. The topological polar surface area (TPSA) is 109 Å². The number of amides is 1. The maximum absolute atomic E-state index is 11.7. The Morgan fingerprint density at radius 3 is 2.74 bits per heavy atom. The Hall–Kier alpha value is -2.48. The van der Waals surface area contributed by atoms with Crippen molar-refractivity contribution in [3.8, 4) is 0 Å². The summed E-state index contributed by atoms with van der Waals surface area (Å²) in [6.45, 7) is 1.70.